The molecule has 3 rings (SSSR count). The first-order valence-corrected chi connectivity index (χ1v) is 10.7. The molecule has 2 aromatic rings. The number of likely N-dealkylation sites (N-methyl/N-ethyl adjacent to an activating group) is 1. The summed E-state index contributed by atoms with van der Waals surface area (Å²) in [6.07, 6.45) is 3.09. The molecule has 0 unspecified atom stereocenters. The molecule has 154 valence electrons. The van der Waals surface area contributed by atoms with Gasteiger partial charge in [0, 0.05) is 30.7 Å². The van der Waals surface area contributed by atoms with Gasteiger partial charge in [-0.25, -0.2) is 13.4 Å². The van der Waals surface area contributed by atoms with Gasteiger partial charge in [-0.2, -0.15) is 4.98 Å². The van der Waals surface area contributed by atoms with Gasteiger partial charge in [-0.1, -0.05) is 0 Å². The van der Waals surface area contributed by atoms with Crippen molar-refractivity contribution in [1.29, 1.82) is 0 Å². The second-order valence-corrected chi connectivity index (χ2v) is 9.00. The number of amides is 2. The molecular formula is C18H22N6O4S. The van der Waals surface area contributed by atoms with E-state index < -0.39 is 9.84 Å². The smallest absolute Gasteiger partial charge is 0.246 e. The van der Waals surface area contributed by atoms with E-state index in [0.717, 1.165) is 6.26 Å². The molecule has 2 amide bonds. The van der Waals surface area contributed by atoms with Crippen LogP contribution in [0.5, 0.6) is 0 Å². The first-order chi connectivity index (χ1) is 13.6. The molecule has 0 saturated heterocycles. The van der Waals surface area contributed by atoms with E-state index in [4.69, 9.17) is 0 Å². The van der Waals surface area contributed by atoms with Crippen LogP contribution >= 0.6 is 0 Å². The van der Waals surface area contributed by atoms with E-state index in [9.17, 15) is 18.0 Å². The Bertz CT molecular complexity index is 1070. The van der Waals surface area contributed by atoms with Crippen molar-refractivity contribution in [3.8, 4) is 0 Å². The summed E-state index contributed by atoms with van der Waals surface area (Å²) in [4.78, 5) is 35.2. The Morgan fingerprint density at radius 1 is 1.21 bits per heavy atom. The van der Waals surface area contributed by atoms with Crippen LogP contribution in [-0.4, -0.2) is 56.6 Å². The number of benzene rings is 1. The summed E-state index contributed by atoms with van der Waals surface area (Å²) >= 11 is 0. The van der Waals surface area contributed by atoms with Crippen molar-refractivity contribution >= 4 is 51.0 Å². The topological polar surface area (TPSA) is 125 Å². The molecule has 2 heterocycles. The third-order valence-corrected chi connectivity index (χ3v) is 5.59. The maximum atomic E-state index is 12.2. The third kappa shape index (κ3) is 4.29. The number of nitrogens with zero attached hydrogens (tertiary/aromatic N) is 4. The number of hydrogen-bond acceptors (Lipinski definition) is 8. The normalized spacial score (nSPS) is 14.0. The van der Waals surface area contributed by atoms with E-state index in [1.54, 1.807) is 19.3 Å². The maximum Gasteiger partial charge on any atom is 0.246 e. The summed E-state index contributed by atoms with van der Waals surface area (Å²) < 4.78 is 23.9. The first kappa shape index (κ1) is 20.5. The van der Waals surface area contributed by atoms with Crippen LogP contribution in [0.3, 0.4) is 0 Å². The number of nitrogens with one attached hydrogen (secondary N) is 2. The fourth-order valence-corrected chi connectivity index (χ4v) is 3.61. The molecule has 0 saturated carbocycles. The number of anilines is 5. The molecule has 11 heteroatoms. The molecule has 2 N–H and O–H groups in total. The summed E-state index contributed by atoms with van der Waals surface area (Å²) in [6.45, 7) is 4.13. The number of rotatable bonds is 6. The molecule has 0 spiro atoms. The fraction of sp³-hybridized carbons (Fsp3) is 0.333. The van der Waals surface area contributed by atoms with Crippen molar-refractivity contribution < 1.29 is 18.0 Å². The minimum Gasteiger partial charge on any atom is -0.343 e. The van der Waals surface area contributed by atoms with Crippen molar-refractivity contribution in [2.45, 2.75) is 24.8 Å². The van der Waals surface area contributed by atoms with Crippen LogP contribution in [0.25, 0.3) is 0 Å². The van der Waals surface area contributed by atoms with Crippen molar-refractivity contribution in [3.05, 3.63) is 24.4 Å². The van der Waals surface area contributed by atoms with Gasteiger partial charge in [0.25, 0.3) is 0 Å². The summed E-state index contributed by atoms with van der Waals surface area (Å²) in [6, 6.07) is 4.42. The highest BCUT2D eigenvalue weighted by Crippen LogP contribution is 2.33. The Morgan fingerprint density at radius 2 is 1.90 bits per heavy atom. The SMILES string of the molecule is CC(C)N1CC(=O)N(C)c2cnc(Nc3cc(NC=O)cc(S(C)(=O)=O)c3)nc21. The zero-order valence-electron chi connectivity index (χ0n) is 16.5. The molecule has 0 atom stereocenters. The Hall–Kier alpha value is -3.21. The van der Waals surface area contributed by atoms with Gasteiger partial charge in [0.1, 0.15) is 5.69 Å². The van der Waals surface area contributed by atoms with Gasteiger partial charge in [-0.3, -0.25) is 9.59 Å². The number of hydrogen-bond donors (Lipinski definition) is 2. The third-order valence-electron chi connectivity index (χ3n) is 4.50. The second kappa shape index (κ2) is 7.66. The lowest BCUT2D eigenvalue weighted by Crippen LogP contribution is -2.47. The molecule has 1 aromatic heterocycles. The van der Waals surface area contributed by atoms with Crippen LogP contribution < -0.4 is 20.4 Å². The molecule has 0 bridgehead atoms. The van der Waals surface area contributed by atoms with E-state index in [0.29, 0.717) is 29.3 Å². The molecular weight excluding hydrogens is 396 g/mol. The van der Waals surface area contributed by atoms with E-state index in [1.807, 2.05) is 18.7 Å². The number of carbonyl (C=O) groups is 2. The number of carbonyl (C=O) groups excluding carboxylic acids is 2. The average molecular weight is 418 g/mol. The van der Waals surface area contributed by atoms with Gasteiger partial charge in [0.05, 0.1) is 17.6 Å². The number of fused-ring (bicyclic) bond motifs is 1. The minimum absolute atomic E-state index is 0.0407. The Kier molecular flexibility index (Phi) is 5.42. The van der Waals surface area contributed by atoms with E-state index in [2.05, 4.69) is 20.6 Å². The van der Waals surface area contributed by atoms with Crippen LogP contribution in [0.2, 0.25) is 0 Å². The Balaban J connectivity index is 2.01. The van der Waals surface area contributed by atoms with Gasteiger partial charge in [0.15, 0.2) is 15.7 Å². The molecule has 10 nitrogen and oxygen atoms in total. The highest BCUT2D eigenvalue weighted by Gasteiger charge is 2.30. The van der Waals surface area contributed by atoms with E-state index in [-0.39, 0.29) is 29.3 Å². The standard InChI is InChI=1S/C18H22N6O4S/c1-11(2)24-9-16(26)23(3)15-8-19-18(22-17(15)24)21-13-5-12(20-10-25)6-14(7-13)29(4,27)28/h5-8,10-11H,9H2,1-4H3,(H,20,25)(H,19,21,22). The maximum absolute atomic E-state index is 12.2. The summed E-state index contributed by atoms with van der Waals surface area (Å²) in [7, 11) is -1.83. The molecule has 0 radical (unpaired) electrons. The molecule has 1 aliphatic heterocycles. The van der Waals surface area contributed by atoms with Crippen LogP contribution in [0.15, 0.2) is 29.3 Å². The summed E-state index contributed by atoms with van der Waals surface area (Å²) in [5.41, 5.74) is 1.31. The lowest BCUT2D eigenvalue weighted by atomic mass is 10.2. The van der Waals surface area contributed by atoms with Crippen LogP contribution in [0, 0.1) is 0 Å². The van der Waals surface area contributed by atoms with Crippen LogP contribution in [0.4, 0.5) is 28.8 Å². The highest BCUT2D eigenvalue weighted by atomic mass is 32.2. The number of sulfone groups is 1. The highest BCUT2D eigenvalue weighted by molar-refractivity contribution is 7.90. The van der Waals surface area contributed by atoms with Crippen molar-refractivity contribution in [2.24, 2.45) is 0 Å². The van der Waals surface area contributed by atoms with Gasteiger partial charge in [-0.15, -0.1) is 0 Å². The molecule has 1 aromatic carbocycles. The lowest BCUT2D eigenvalue weighted by Gasteiger charge is -2.36. The molecule has 29 heavy (non-hydrogen) atoms. The van der Waals surface area contributed by atoms with Gasteiger partial charge in [0.2, 0.25) is 18.3 Å². The second-order valence-electron chi connectivity index (χ2n) is 6.98. The summed E-state index contributed by atoms with van der Waals surface area (Å²) in [5.74, 6) is 0.783. The fourth-order valence-electron chi connectivity index (χ4n) is 2.93. The van der Waals surface area contributed by atoms with E-state index >= 15 is 0 Å². The first-order valence-electron chi connectivity index (χ1n) is 8.82. The van der Waals surface area contributed by atoms with Crippen molar-refractivity contribution in [1.82, 2.24) is 9.97 Å². The summed E-state index contributed by atoms with van der Waals surface area (Å²) in [5, 5.41) is 5.43. The van der Waals surface area contributed by atoms with Crippen LogP contribution in [-0.2, 0) is 19.4 Å². The average Bonchev–Trinajstić information content (AvgIpc) is 2.64. The quantitative estimate of drug-likeness (QED) is 0.674. The lowest BCUT2D eigenvalue weighted by molar-refractivity contribution is -0.117. The predicted molar refractivity (Wildman–Crippen MR) is 110 cm³/mol. The van der Waals surface area contributed by atoms with Gasteiger partial charge in [-0.05, 0) is 32.0 Å². The zero-order chi connectivity index (χ0) is 21.3. The van der Waals surface area contributed by atoms with Gasteiger partial charge >= 0.3 is 0 Å². The monoisotopic (exact) mass is 418 g/mol. The van der Waals surface area contributed by atoms with Crippen molar-refractivity contribution in [3.63, 3.8) is 0 Å². The zero-order valence-corrected chi connectivity index (χ0v) is 17.3. The predicted octanol–water partition coefficient (Wildman–Crippen LogP) is 1.38. The van der Waals surface area contributed by atoms with Crippen LogP contribution in [0.1, 0.15) is 13.8 Å². The Morgan fingerprint density at radius 3 is 2.52 bits per heavy atom. The van der Waals surface area contributed by atoms with Gasteiger partial charge < -0.3 is 20.4 Å². The number of aromatic nitrogens is 2. The Labute approximate surface area is 168 Å². The largest absolute Gasteiger partial charge is 0.343 e. The minimum atomic E-state index is -3.50. The van der Waals surface area contributed by atoms with E-state index in [1.165, 1.54) is 17.0 Å². The molecule has 1 aliphatic rings. The van der Waals surface area contributed by atoms with Crippen molar-refractivity contribution in [2.75, 3.05) is 40.3 Å². The molecule has 0 fully saturated rings. The molecule has 0 aliphatic carbocycles.